The molecule has 4 nitrogen and oxygen atoms in total. The van der Waals surface area contributed by atoms with E-state index in [-0.39, 0.29) is 22.8 Å². The molecule has 0 fully saturated rings. The summed E-state index contributed by atoms with van der Waals surface area (Å²) in [6.07, 6.45) is 1.00. The Bertz CT molecular complexity index is 924. The fraction of sp³-hybridized carbons (Fsp3) is 0.481. The molecule has 32 heavy (non-hydrogen) atoms. The molecule has 0 saturated carbocycles. The van der Waals surface area contributed by atoms with Crippen LogP contribution in [-0.4, -0.2) is 28.3 Å². The molecule has 2 aromatic rings. The Kier molecular flexibility index (Phi) is 8.69. The van der Waals surface area contributed by atoms with Crippen molar-refractivity contribution in [3.63, 3.8) is 0 Å². The SMILES string of the molecule is C[C@H](C(=O)NC(C)(C)C)N(Cc1cccc(Br)c1)C(=O)CCc1ccc(C(C)(C)C)cc1. The smallest absolute Gasteiger partial charge is 0.242 e. The average Bonchev–Trinajstić information content (AvgIpc) is 2.68. The summed E-state index contributed by atoms with van der Waals surface area (Å²) >= 11 is 3.49. The third-order valence-corrected chi connectivity index (χ3v) is 5.85. The van der Waals surface area contributed by atoms with Crippen LogP contribution in [0.4, 0.5) is 0 Å². The molecule has 0 heterocycles. The van der Waals surface area contributed by atoms with Gasteiger partial charge >= 0.3 is 0 Å². The van der Waals surface area contributed by atoms with E-state index in [9.17, 15) is 9.59 Å². The van der Waals surface area contributed by atoms with Gasteiger partial charge in [0.1, 0.15) is 6.04 Å². The summed E-state index contributed by atoms with van der Waals surface area (Å²) in [5.74, 6) is -0.170. The predicted octanol–water partition coefficient (Wildman–Crippen LogP) is 6.01. The van der Waals surface area contributed by atoms with Crippen LogP contribution in [0.25, 0.3) is 0 Å². The highest BCUT2D eigenvalue weighted by atomic mass is 79.9. The van der Waals surface area contributed by atoms with Gasteiger partial charge in [-0.2, -0.15) is 0 Å². The number of carbonyl (C=O) groups is 2. The number of rotatable bonds is 7. The molecule has 0 unspecified atom stereocenters. The molecule has 174 valence electrons. The monoisotopic (exact) mass is 500 g/mol. The van der Waals surface area contributed by atoms with Gasteiger partial charge in [-0.05, 0) is 68.4 Å². The molecule has 2 aromatic carbocycles. The van der Waals surface area contributed by atoms with Crippen molar-refractivity contribution in [2.45, 2.75) is 84.8 Å². The molecular weight excluding hydrogens is 464 g/mol. The lowest BCUT2D eigenvalue weighted by atomic mass is 9.86. The number of nitrogens with zero attached hydrogens (tertiary/aromatic N) is 1. The van der Waals surface area contributed by atoms with E-state index in [1.54, 1.807) is 11.8 Å². The number of carbonyl (C=O) groups excluding carboxylic acids is 2. The first-order valence-corrected chi connectivity index (χ1v) is 12.0. The van der Waals surface area contributed by atoms with Crippen LogP contribution in [0.5, 0.6) is 0 Å². The zero-order valence-corrected chi connectivity index (χ0v) is 22.0. The molecule has 1 atom stereocenters. The van der Waals surface area contributed by atoms with Crippen LogP contribution in [-0.2, 0) is 28.0 Å². The van der Waals surface area contributed by atoms with E-state index < -0.39 is 6.04 Å². The average molecular weight is 502 g/mol. The normalized spacial score (nSPS) is 12.9. The van der Waals surface area contributed by atoms with Gasteiger partial charge in [0, 0.05) is 23.0 Å². The number of hydrogen-bond acceptors (Lipinski definition) is 2. The summed E-state index contributed by atoms with van der Waals surface area (Å²) in [6, 6.07) is 15.8. The van der Waals surface area contributed by atoms with Crippen molar-refractivity contribution in [2.75, 3.05) is 0 Å². The lowest BCUT2D eigenvalue weighted by Gasteiger charge is -2.31. The van der Waals surface area contributed by atoms with Gasteiger partial charge in [-0.25, -0.2) is 0 Å². The lowest BCUT2D eigenvalue weighted by molar-refractivity contribution is -0.141. The van der Waals surface area contributed by atoms with Crippen molar-refractivity contribution in [1.29, 1.82) is 0 Å². The molecule has 0 radical (unpaired) electrons. The van der Waals surface area contributed by atoms with E-state index in [1.807, 2.05) is 45.0 Å². The van der Waals surface area contributed by atoms with E-state index in [4.69, 9.17) is 0 Å². The minimum absolute atomic E-state index is 0.0265. The van der Waals surface area contributed by atoms with E-state index in [2.05, 4.69) is 66.3 Å². The summed E-state index contributed by atoms with van der Waals surface area (Å²) in [5, 5.41) is 3.00. The molecule has 0 spiro atoms. The van der Waals surface area contributed by atoms with Gasteiger partial charge in [0.05, 0.1) is 0 Å². The second-order valence-corrected chi connectivity index (χ2v) is 11.4. The quantitative estimate of drug-likeness (QED) is 0.505. The van der Waals surface area contributed by atoms with Gasteiger partial charge in [-0.3, -0.25) is 9.59 Å². The molecule has 0 aliphatic rings. The fourth-order valence-electron chi connectivity index (χ4n) is 3.45. The number of halogens is 1. The first-order valence-electron chi connectivity index (χ1n) is 11.2. The van der Waals surface area contributed by atoms with E-state index in [0.717, 1.165) is 15.6 Å². The van der Waals surface area contributed by atoms with Crippen LogP contribution >= 0.6 is 15.9 Å². The predicted molar refractivity (Wildman–Crippen MR) is 136 cm³/mol. The standard InChI is InChI=1S/C27H37BrN2O2/c1-19(25(32)29-27(5,6)7)30(18-21-9-8-10-23(28)17-21)24(31)16-13-20-11-14-22(15-12-20)26(2,3)4/h8-12,14-15,17,19H,13,16,18H2,1-7H3,(H,29,32)/t19-/m1/s1. The minimum Gasteiger partial charge on any atom is -0.350 e. The van der Waals surface area contributed by atoms with E-state index in [1.165, 1.54) is 5.56 Å². The largest absolute Gasteiger partial charge is 0.350 e. The molecule has 2 rings (SSSR count). The molecule has 2 amide bonds. The van der Waals surface area contributed by atoms with Gasteiger partial charge in [0.15, 0.2) is 0 Å². The van der Waals surface area contributed by atoms with Crippen molar-refractivity contribution in [2.24, 2.45) is 0 Å². The Hall–Kier alpha value is -2.14. The van der Waals surface area contributed by atoms with Crippen LogP contribution in [0.15, 0.2) is 53.0 Å². The molecule has 0 aliphatic heterocycles. The minimum atomic E-state index is -0.566. The second-order valence-electron chi connectivity index (χ2n) is 10.5. The van der Waals surface area contributed by atoms with Gasteiger partial charge in [0.2, 0.25) is 11.8 Å². The molecule has 0 saturated heterocycles. The molecule has 5 heteroatoms. The number of hydrogen-bond donors (Lipinski definition) is 1. The van der Waals surface area contributed by atoms with Gasteiger partial charge in [0.25, 0.3) is 0 Å². The van der Waals surface area contributed by atoms with Crippen molar-refractivity contribution in [3.05, 3.63) is 69.7 Å². The van der Waals surface area contributed by atoms with Crippen LogP contribution < -0.4 is 5.32 Å². The lowest BCUT2D eigenvalue weighted by Crippen LogP contribution is -2.52. The molecule has 1 N–H and O–H groups in total. The van der Waals surface area contributed by atoms with Gasteiger partial charge in [-0.15, -0.1) is 0 Å². The second kappa shape index (κ2) is 10.7. The Morgan fingerprint density at radius 3 is 2.12 bits per heavy atom. The van der Waals surface area contributed by atoms with E-state index >= 15 is 0 Å². The van der Waals surface area contributed by atoms with Crippen LogP contribution in [0.3, 0.4) is 0 Å². The molecule has 0 aromatic heterocycles. The zero-order chi connectivity index (χ0) is 24.1. The highest BCUT2D eigenvalue weighted by Gasteiger charge is 2.28. The van der Waals surface area contributed by atoms with Crippen molar-refractivity contribution >= 4 is 27.7 Å². The summed E-state index contributed by atoms with van der Waals surface area (Å²) in [4.78, 5) is 27.8. The summed E-state index contributed by atoms with van der Waals surface area (Å²) in [5.41, 5.74) is 3.13. The Labute approximate surface area is 201 Å². The molecule has 0 bridgehead atoms. The Balaban J connectivity index is 2.16. The van der Waals surface area contributed by atoms with Gasteiger partial charge < -0.3 is 10.2 Å². The topological polar surface area (TPSA) is 49.4 Å². The van der Waals surface area contributed by atoms with Gasteiger partial charge in [-0.1, -0.05) is 73.1 Å². The number of nitrogens with one attached hydrogen (secondary N) is 1. The number of amides is 2. The van der Waals surface area contributed by atoms with Crippen molar-refractivity contribution in [3.8, 4) is 0 Å². The van der Waals surface area contributed by atoms with Crippen molar-refractivity contribution in [1.82, 2.24) is 10.2 Å². The first kappa shape index (κ1) is 26.1. The number of aryl methyl sites for hydroxylation is 1. The zero-order valence-electron chi connectivity index (χ0n) is 20.5. The first-order chi connectivity index (χ1) is 14.8. The highest BCUT2D eigenvalue weighted by Crippen LogP contribution is 2.23. The molecular formula is C27H37BrN2O2. The third-order valence-electron chi connectivity index (χ3n) is 5.35. The fourth-order valence-corrected chi connectivity index (χ4v) is 3.90. The summed E-state index contributed by atoms with van der Waals surface area (Å²) in [6.45, 7) is 14.6. The maximum absolute atomic E-state index is 13.3. The highest BCUT2D eigenvalue weighted by molar-refractivity contribution is 9.10. The summed E-state index contributed by atoms with van der Waals surface area (Å²) in [7, 11) is 0. The maximum Gasteiger partial charge on any atom is 0.242 e. The Morgan fingerprint density at radius 1 is 0.969 bits per heavy atom. The van der Waals surface area contributed by atoms with Crippen LogP contribution in [0.2, 0.25) is 0 Å². The van der Waals surface area contributed by atoms with E-state index in [0.29, 0.717) is 19.4 Å². The Morgan fingerprint density at radius 2 is 1.59 bits per heavy atom. The number of benzene rings is 2. The van der Waals surface area contributed by atoms with Crippen molar-refractivity contribution < 1.29 is 9.59 Å². The molecule has 0 aliphatic carbocycles. The van der Waals surface area contributed by atoms with Crippen LogP contribution in [0.1, 0.15) is 71.6 Å². The van der Waals surface area contributed by atoms with Crippen LogP contribution in [0, 0.1) is 0 Å². The maximum atomic E-state index is 13.3. The summed E-state index contributed by atoms with van der Waals surface area (Å²) < 4.78 is 0.952. The third kappa shape index (κ3) is 8.09.